The van der Waals surface area contributed by atoms with Crippen LogP contribution in [-0.2, 0) is 0 Å². The largest absolute Gasteiger partial charge is 0.345 e. The number of fused-ring (bicyclic) bond motifs is 1. The van der Waals surface area contributed by atoms with Gasteiger partial charge in [0.15, 0.2) is 0 Å². The molecule has 0 aromatic carbocycles. The average Bonchev–Trinajstić information content (AvgIpc) is 2.51. The van der Waals surface area contributed by atoms with Crippen LogP contribution in [0.4, 0.5) is 0 Å². The van der Waals surface area contributed by atoms with Gasteiger partial charge in [0.05, 0.1) is 6.17 Å². The second-order valence-electron chi connectivity index (χ2n) is 5.44. The van der Waals surface area contributed by atoms with Crippen LogP contribution in [0.15, 0.2) is 4.99 Å². The molecule has 0 amide bonds. The third kappa shape index (κ3) is 3.21. The first-order chi connectivity index (χ1) is 8.33. The fourth-order valence-corrected chi connectivity index (χ4v) is 2.95. The summed E-state index contributed by atoms with van der Waals surface area (Å²) in [6.45, 7) is 7.99. The lowest BCUT2D eigenvalue weighted by atomic mass is 10.0. The molecule has 2 rings (SSSR count). The number of hydrogen-bond acceptors (Lipinski definition) is 3. The van der Waals surface area contributed by atoms with Crippen molar-refractivity contribution in [3.8, 4) is 0 Å². The van der Waals surface area contributed by atoms with Crippen molar-refractivity contribution in [2.45, 2.75) is 58.5 Å². The second kappa shape index (κ2) is 6.39. The summed E-state index contributed by atoms with van der Waals surface area (Å²) in [7, 11) is 0. The highest BCUT2D eigenvalue weighted by molar-refractivity contribution is 5.85. The number of nitrogens with zero attached hydrogens (tertiary/aromatic N) is 2. The van der Waals surface area contributed by atoms with Crippen molar-refractivity contribution < 1.29 is 0 Å². The zero-order valence-electron chi connectivity index (χ0n) is 11.4. The smallest absolute Gasteiger partial charge is 0.103 e. The van der Waals surface area contributed by atoms with E-state index in [0.29, 0.717) is 12.1 Å². The highest BCUT2D eigenvalue weighted by atomic mass is 15.3. The Balaban J connectivity index is 2.00. The molecule has 2 atom stereocenters. The van der Waals surface area contributed by atoms with Crippen molar-refractivity contribution in [2.24, 2.45) is 10.9 Å². The van der Waals surface area contributed by atoms with Crippen molar-refractivity contribution in [2.75, 3.05) is 19.6 Å². The number of aliphatic imine (C=N–C) groups is 1. The predicted octanol–water partition coefficient (Wildman–Crippen LogP) is 2.63. The molecule has 3 nitrogen and oxygen atoms in total. The van der Waals surface area contributed by atoms with Gasteiger partial charge < -0.3 is 4.90 Å². The highest BCUT2D eigenvalue weighted by Crippen LogP contribution is 2.24. The van der Waals surface area contributed by atoms with E-state index in [2.05, 4.69) is 24.1 Å². The molecule has 2 unspecified atom stereocenters. The lowest BCUT2D eigenvalue weighted by Gasteiger charge is -2.37. The molecule has 2 aliphatic rings. The molecule has 1 fully saturated rings. The first-order valence-corrected chi connectivity index (χ1v) is 7.37. The molecule has 3 heteroatoms. The van der Waals surface area contributed by atoms with Crippen LogP contribution < -0.4 is 5.32 Å². The van der Waals surface area contributed by atoms with Crippen LogP contribution in [0.3, 0.4) is 0 Å². The zero-order chi connectivity index (χ0) is 12.1. The molecular weight excluding hydrogens is 210 g/mol. The Morgan fingerprint density at radius 3 is 3.06 bits per heavy atom. The van der Waals surface area contributed by atoms with Crippen LogP contribution in [0.1, 0.15) is 52.4 Å². The zero-order valence-corrected chi connectivity index (χ0v) is 11.4. The lowest BCUT2D eigenvalue weighted by Crippen LogP contribution is -2.51. The number of unbranched alkanes of at least 4 members (excludes halogenated alkanes) is 1. The summed E-state index contributed by atoms with van der Waals surface area (Å²) >= 11 is 0. The monoisotopic (exact) mass is 237 g/mol. The molecule has 0 saturated carbocycles. The van der Waals surface area contributed by atoms with Gasteiger partial charge >= 0.3 is 0 Å². The summed E-state index contributed by atoms with van der Waals surface area (Å²) in [6.07, 6.45) is 8.26. The van der Waals surface area contributed by atoms with Crippen LogP contribution in [0.2, 0.25) is 0 Å². The molecule has 0 aromatic rings. The summed E-state index contributed by atoms with van der Waals surface area (Å²) < 4.78 is 0. The quantitative estimate of drug-likeness (QED) is 0.761. The fraction of sp³-hybridized carbons (Fsp3) is 0.929. The standard InChI is InChI=1S/C14H27N3/c1-3-4-9-15-13-8-5-7-12(2)14-16-10-6-11-17(13)14/h12-13,15H,3-11H2,1-2H3. The van der Waals surface area contributed by atoms with Gasteiger partial charge in [-0.05, 0) is 38.6 Å². The minimum absolute atomic E-state index is 0.547. The number of rotatable bonds is 4. The number of amidine groups is 1. The summed E-state index contributed by atoms with van der Waals surface area (Å²) in [6, 6.07) is 0. The third-order valence-corrected chi connectivity index (χ3v) is 3.97. The van der Waals surface area contributed by atoms with Gasteiger partial charge in [0.2, 0.25) is 0 Å². The second-order valence-corrected chi connectivity index (χ2v) is 5.44. The van der Waals surface area contributed by atoms with E-state index in [-0.39, 0.29) is 0 Å². The van der Waals surface area contributed by atoms with Gasteiger partial charge in [0.1, 0.15) is 5.84 Å². The van der Waals surface area contributed by atoms with Gasteiger partial charge in [0, 0.05) is 19.0 Å². The van der Waals surface area contributed by atoms with Crippen LogP contribution in [0.5, 0.6) is 0 Å². The van der Waals surface area contributed by atoms with Gasteiger partial charge in [-0.1, -0.05) is 20.3 Å². The molecule has 0 bridgehead atoms. The molecule has 0 radical (unpaired) electrons. The van der Waals surface area contributed by atoms with Gasteiger partial charge in [-0.3, -0.25) is 10.3 Å². The van der Waals surface area contributed by atoms with Gasteiger partial charge in [0.25, 0.3) is 0 Å². The maximum Gasteiger partial charge on any atom is 0.103 e. The van der Waals surface area contributed by atoms with Crippen LogP contribution in [0, 0.1) is 5.92 Å². The van der Waals surface area contributed by atoms with Crippen molar-refractivity contribution in [1.29, 1.82) is 0 Å². The molecule has 2 heterocycles. The minimum Gasteiger partial charge on any atom is -0.345 e. The Hall–Kier alpha value is -0.570. The van der Waals surface area contributed by atoms with Gasteiger partial charge in [-0.15, -0.1) is 0 Å². The van der Waals surface area contributed by atoms with E-state index in [1.165, 1.54) is 50.9 Å². The molecule has 1 saturated heterocycles. The van der Waals surface area contributed by atoms with Crippen molar-refractivity contribution in [3.63, 3.8) is 0 Å². The number of hydrogen-bond donors (Lipinski definition) is 1. The fourth-order valence-electron chi connectivity index (χ4n) is 2.95. The van der Waals surface area contributed by atoms with E-state index in [1.54, 1.807) is 0 Å². The first kappa shape index (κ1) is 12.9. The van der Waals surface area contributed by atoms with Crippen LogP contribution in [0.25, 0.3) is 0 Å². The highest BCUT2D eigenvalue weighted by Gasteiger charge is 2.29. The van der Waals surface area contributed by atoms with E-state index in [1.807, 2.05) is 0 Å². The number of nitrogens with one attached hydrogen (secondary N) is 1. The van der Waals surface area contributed by atoms with E-state index in [9.17, 15) is 0 Å². The van der Waals surface area contributed by atoms with Gasteiger partial charge in [-0.25, -0.2) is 0 Å². The molecule has 0 aliphatic carbocycles. The van der Waals surface area contributed by atoms with Crippen LogP contribution in [-0.4, -0.2) is 36.5 Å². The summed E-state index contributed by atoms with van der Waals surface area (Å²) in [5, 5.41) is 3.73. The SMILES string of the molecule is CCCCNC1CCCC(C)C2=NCCCN21. The Morgan fingerprint density at radius 2 is 2.24 bits per heavy atom. The predicted molar refractivity (Wildman–Crippen MR) is 73.3 cm³/mol. The van der Waals surface area contributed by atoms with Gasteiger partial charge in [-0.2, -0.15) is 0 Å². The van der Waals surface area contributed by atoms with Crippen molar-refractivity contribution in [1.82, 2.24) is 10.2 Å². The maximum absolute atomic E-state index is 4.77. The molecule has 17 heavy (non-hydrogen) atoms. The van der Waals surface area contributed by atoms with E-state index >= 15 is 0 Å². The lowest BCUT2D eigenvalue weighted by molar-refractivity contribution is 0.239. The van der Waals surface area contributed by atoms with Crippen molar-refractivity contribution in [3.05, 3.63) is 0 Å². The average molecular weight is 237 g/mol. The Kier molecular flexibility index (Phi) is 4.84. The van der Waals surface area contributed by atoms with E-state index in [0.717, 1.165) is 13.1 Å². The normalized spacial score (nSPS) is 29.5. The topological polar surface area (TPSA) is 27.6 Å². The maximum atomic E-state index is 4.77. The Morgan fingerprint density at radius 1 is 1.35 bits per heavy atom. The molecular formula is C14H27N3. The van der Waals surface area contributed by atoms with Crippen molar-refractivity contribution >= 4 is 5.84 Å². The summed E-state index contributed by atoms with van der Waals surface area (Å²) in [5.74, 6) is 2.04. The van der Waals surface area contributed by atoms with E-state index in [4.69, 9.17) is 4.99 Å². The summed E-state index contributed by atoms with van der Waals surface area (Å²) in [5.41, 5.74) is 0. The van der Waals surface area contributed by atoms with Crippen LogP contribution >= 0.6 is 0 Å². The molecule has 0 spiro atoms. The molecule has 1 N–H and O–H groups in total. The van der Waals surface area contributed by atoms with E-state index < -0.39 is 0 Å². The Labute approximate surface area is 106 Å². The summed E-state index contributed by atoms with van der Waals surface area (Å²) in [4.78, 5) is 7.33. The minimum atomic E-state index is 0.547. The Bertz CT molecular complexity index is 262. The third-order valence-electron chi connectivity index (χ3n) is 3.97. The molecule has 2 aliphatic heterocycles. The first-order valence-electron chi connectivity index (χ1n) is 7.37. The molecule has 0 aromatic heterocycles. The molecule has 98 valence electrons.